The van der Waals surface area contributed by atoms with Gasteiger partial charge in [-0.15, -0.1) is 0 Å². The molecule has 0 aliphatic carbocycles. The van der Waals surface area contributed by atoms with Crippen LogP contribution in [0.15, 0.2) is 77.8 Å². The maximum Gasteiger partial charge on any atom is 0.161 e. The van der Waals surface area contributed by atoms with Crippen LogP contribution in [0.4, 0.5) is 11.4 Å². The molecule has 4 nitrogen and oxygen atoms in total. The highest BCUT2D eigenvalue weighted by molar-refractivity contribution is 6.04. The van der Waals surface area contributed by atoms with Crippen LogP contribution in [0.25, 0.3) is 0 Å². The van der Waals surface area contributed by atoms with E-state index < -0.39 is 0 Å². The Morgan fingerprint density at radius 3 is 2.54 bits per heavy atom. The Kier molecular flexibility index (Phi) is 5.29. The van der Waals surface area contributed by atoms with E-state index in [4.69, 9.17) is 14.5 Å². The van der Waals surface area contributed by atoms with Crippen molar-refractivity contribution in [3.63, 3.8) is 0 Å². The van der Waals surface area contributed by atoms with Crippen LogP contribution in [0.2, 0.25) is 0 Å². The molecule has 0 radical (unpaired) electrons. The van der Waals surface area contributed by atoms with E-state index in [9.17, 15) is 0 Å². The molecule has 4 rings (SSSR count). The molecule has 1 N–H and O–H groups in total. The molecule has 0 saturated carbocycles. The van der Waals surface area contributed by atoms with Gasteiger partial charge >= 0.3 is 0 Å². The van der Waals surface area contributed by atoms with Crippen molar-refractivity contribution in [3.8, 4) is 11.5 Å². The van der Waals surface area contributed by atoms with Gasteiger partial charge in [0.05, 0.1) is 36.8 Å². The standard InChI is InChI=1S/C24H24N2O2/c1-3-28-23-14-13-18(15-24(23)27-2)22-16-21(17-9-5-4-6-10-17)25-19-11-7-8-12-20(19)26-22/h4-15,22,26H,3,16H2,1-2H3. The van der Waals surface area contributed by atoms with Crippen molar-refractivity contribution in [1.29, 1.82) is 0 Å². The van der Waals surface area contributed by atoms with E-state index in [1.807, 2.05) is 37.3 Å². The molecule has 3 aromatic rings. The van der Waals surface area contributed by atoms with Crippen LogP contribution in [-0.2, 0) is 0 Å². The van der Waals surface area contributed by atoms with Crippen LogP contribution in [0.3, 0.4) is 0 Å². The summed E-state index contributed by atoms with van der Waals surface area (Å²) in [5.74, 6) is 1.51. The largest absolute Gasteiger partial charge is 0.493 e. The minimum atomic E-state index is 0.0761. The number of anilines is 1. The molecule has 0 spiro atoms. The molecule has 1 unspecified atom stereocenters. The first-order valence-corrected chi connectivity index (χ1v) is 9.57. The molecule has 0 bridgehead atoms. The first kappa shape index (κ1) is 18.1. The Balaban J connectivity index is 1.75. The number of hydrogen-bond acceptors (Lipinski definition) is 4. The summed E-state index contributed by atoms with van der Waals surface area (Å²) in [6.07, 6.45) is 0.774. The zero-order valence-corrected chi connectivity index (χ0v) is 16.2. The summed E-state index contributed by atoms with van der Waals surface area (Å²) in [6.45, 7) is 2.58. The number of nitrogens with one attached hydrogen (secondary N) is 1. The summed E-state index contributed by atoms with van der Waals surface area (Å²) >= 11 is 0. The van der Waals surface area contributed by atoms with Gasteiger partial charge in [0.25, 0.3) is 0 Å². The molecular weight excluding hydrogens is 348 g/mol. The predicted molar refractivity (Wildman–Crippen MR) is 114 cm³/mol. The van der Waals surface area contributed by atoms with Gasteiger partial charge in [0.15, 0.2) is 11.5 Å². The second-order valence-corrected chi connectivity index (χ2v) is 6.69. The Bertz CT molecular complexity index is 983. The summed E-state index contributed by atoms with van der Waals surface area (Å²) in [6, 6.07) is 24.7. The molecule has 1 heterocycles. The Labute approximate surface area is 165 Å². The van der Waals surface area contributed by atoms with Crippen LogP contribution in [0, 0.1) is 0 Å². The number of fused-ring (bicyclic) bond motifs is 1. The SMILES string of the molecule is CCOc1ccc(C2CC(c3ccccc3)=Nc3ccccc3N2)cc1OC. The van der Waals surface area contributed by atoms with Gasteiger partial charge in [-0.1, -0.05) is 48.5 Å². The zero-order chi connectivity index (χ0) is 19.3. The van der Waals surface area contributed by atoms with Gasteiger partial charge in [-0.05, 0) is 42.3 Å². The highest BCUT2D eigenvalue weighted by Crippen LogP contribution is 2.38. The fourth-order valence-corrected chi connectivity index (χ4v) is 3.51. The van der Waals surface area contributed by atoms with Crippen LogP contribution < -0.4 is 14.8 Å². The van der Waals surface area contributed by atoms with Crippen molar-refractivity contribution in [2.45, 2.75) is 19.4 Å². The quantitative estimate of drug-likeness (QED) is 0.618. The van der Waals surface area contributed by atoms with Crippen molar-refractivity contribution in [2.75, 3.05) is 19.0 Å². The molecular formula is C24H24N2O2. The lowest BCUT2D eigenvalue weighted by atomic mass is 9.97. The van der Waals surface area contributed by atoms with E-state index in [1.54, 1.807) is 7.11 Å². The summed E-state index contributed by atoms with van der Waals surface area (Å²) < 4.78 is 11.2. The van der Waals surface area contributed by atoms with Gasteiger partial charge in [0.2, 0.25) is 0 Å². The number of aliphatic imine (C=N–C) groups is 1. The van der Waals surface area contributed by atoms with Crippen LogP contribution in [0.5, 0.6) is 11.5 Å². The normalized spacial score (nSPS) is 15.6. The predicted octanol–water partition coefficient (Wildman–Crippen LogP) is 5.77. The minimum absolute atomic E-state index is 0.0761. The number of hydrogen-bond donors (Lipinski definition) is 1. The van der Waals surface area contributed by atoms with Crippen LogP contribution >= 0.6 is 0 Å². The van der Waals surface area contributed by atoms with Crippen molar-refractivity contribution < 1.29 is 9.47 Å². The van der Waals surface area contributed by atoms with Crippen LogP contribution in [0.1, 0.15) is 30.5 Å². The fraction of sp³-hybridized carbons (Fsp3) is 0.208. The maximum atomic E-state index is 5.67. The molecule has 1 atom stereocenters. The smallest absolute Gasteiger partial charge is 0.161 e. The number of ether oxygens (including phenoxy) is 2. The Morgan fingerprint density at radius 1 is 0.964 bits per heavy atom. The highest BCUT2D eigenvalue weighted by atomic mass is 16.5. The molecule has 4 heteroatoms. The lowest BCUT2D eigenvalue weighted by molar-refractivity contribution is 0.310. The van der Waals surface area contributed by atoms with Gasteiger partial charge in [0.1, 0.15) is 0 Å². The monoisotopic (exact) mass is 372 g/mol. The molecule has 142 valence electrons. The average molecular weight is 372 g/mol. The molecule has 28 heavy (non-hydrogen) atoms. The van der Waals surface area contributed by atoms with E-state index in [2.05, 4.69) is 47.8 Å². The number of para-hydroxylation sites is 2. The molecule has 1 aliphatic heterocycles. The maximum absolute atomic E-state index is 5.67. The summed E-state index contributed by atoms with van der Waals surface area (Å²) in [5.41, 5.74) is 5.34. The van der Waals surface area contributed by atoms with Crippen molar-refractivity contribution in [3.05, 3.63) is 83.9 Å². The second-order valence-electron chi connectivity index (χ2n) is 6.69. The van der Waals surface area contributed by atoms with E-state index in [-0.39, 0.29) is 6.04 Å². The fourth-order valence-electron chi connectivity index (χ4n) is 3.51. The summed E-state index contributed by atoms with van der Waals surface area (Å²) in [4.78, 5) is 4.97. The van der Waals surface area contributed by atoms with E-state index >= 15 is 0 Å². The van der Waals surface area contributed by atoms with Gasteiger partial charge < -0.3 is 14.8 Å². The van der Waals surface area contributed by atoms with E-state index in [0.29, 0.717) is 6.61 Å². The van der Waals surface area contributed by atoms with E-state index in [1.165, 1.54) is 0 Å². The van der Waals surface area contributed by atoms with Crippen molar-refractivity contribution in [1.82, 2.24) is 0 Å². The van der Waals surface area contributed by atoms with E-state index in [0.717, 1.165) is 46.1 Å². The third-order valence-electron chi connectivity index (χ3n) is 4.88. The third-order valence-corrected chi connectivity index (χ3v) is 4.88. The second kappa shape index (κ2) is 8.17. The molecule has 0 aromatic heterocycles. The first-order chi connectivity index (χ1) is 13.8. The highest BCUT2D eigenvalue weighted by Gasteiger charge is 2.22. The lowest BCUT2D eigenvalue weighted by Crippen LogP contribution is -2.14. The number of methoxy groups -OCH3 is 1. The van der Waals surface area contributed by atoms with Gasteiger partial charge in [-0.3, -0.25) is 4.99 Å². The molecule has 0 amide bonds. The third kappa shape index (κ3) is 3.72. The number of nitrogens with zero attached hydrogens (tertiary/aromatic N) is 1. The Morgan fingerprint density at radius 2 is 1.75 bits per heavy atom. The minimum Gasteiger partial charge on any atom is -0.493 e. The lowest BCUT2D eigenvalue weighted by Gasteiger charge is -2.21. The Hall–Kier alpha value is -3.27. The number of rotatable bonds is 5. The molecule has 0 fully saturated rings. The summed E-state index contributed by atoms with van der Waals surface area (Å²) in [7, 11) is 1.67. The van der Waals surface area contributed by atoms with Gasteiger partial charge in [0, 0.05) is 6.42 Å². The van der Waals surface area contributed by atoms with Gasteiger partial charge in [-0.25, -0.2) is 0 Å². The molecule has 1 aliphatic rings. The van der Waals surface area contributed by atoms with Crippen molar-refractivity contribution in [2.24, 2.45) is 4.99 Å². The molecule has 0 saturated heterocycles. The van der Waals surface area contributed by atoms with Crippen molar-refractivity contribution >= 4 is 17.1 Å². The van der Waals surface area contributed by atoms with Gasteiger partial charge in [-0.2, -0.15) is 0 Å². The van der Waals surface area contributed by atoms with Crippen LogP contribution in [-0.4, -0.2) is 19.4 Å². The number of benzene rings is 3. The topological polar surface area (TPSA) is 42.8 Å². The first-order valence-electron chi connectivity index (χ1n) is 9.57. The zero-order valence-electron chi connectivity index (χ0n) is 16.2. The summed E-state index contributed by atoms with van der Waals surface area (Å²) in [5, 5.41) is 3.67. The molecule has 3 aromatic carbocycles. The average Bonchev–Trinajstić information content (AvgIpc) is 2.94.